The number of fused-ring (bicyclic) bond motifs is 1. The topological polar surface area (TPSA) is 55.1 Å². The minimum Gasteiger partial charge on any atom is -0.459 e. The lowest BCUT2D eigenvalue weighted by atomic mass is 10.1. The summed E-state index contributed by atoms with van der Waals surface area (Å²) in [6.45, 7) is 0.517. The predicted octanol–water partition coefficient (Wildman–Crippen LogP) is 4.47. The van der Waals surface area contributed by atoms with Crippen molar-refractivity contribution in [2.75, 3.05) is 6.54 Å². The first-order chi connectivity index (χ1) is 12.8. The Morgan fingerprint density at radius 3 is 2.69 bits per heavy atom. The molecule has 4 nitrogen and oxygen atoms in total. The molecule has 0 radical (unpaired) electrons. The lowest BCUT2D eigenvalue weighted by Gasteiger charge is -2.07. The molecule has 0 aliphatic rings. The first-order valence-electron chi connectivity index (χ1n) is 8.56. The molecule has 0 saturated carbocycles. The highest BCUT2D eigenvalue weighted by Crippen LogP contribution is 2.24. The number of pyridine rings is 1. The summed E-state index contributed by atoms with van der Waals surface area (Å²) >= 11 is 0. The molecule has 4 rings (SSSR count). The van der Waals surface area contributed by atoms with Crippen LogP contribution >= 0.6 is 0 Å². The molecule has 1 amide bonds. The highest BCUT2D eigenvalue weighted by atomic mass is 16.3. The van der Waals surface area contributed by atoms with Gasteiger partial charge in [0.15, 0.2) is 5.76 Å². The molecule has 0 spiro atoms. The summed E-state index contributed by atoms with van der Waals surface area (Å²) in [4.78, 5) is 17.0. The Bertz CT molecular complexity index is 1030. The van der Waals surface area contributed by atoms with E-state index in [4.69, 9.17) is 4.42 Å². The molecule has 0 aliphatic heterocycles. The molecular weight excluding hydrogens is 324 g/mol. The summed E-state index contributed by atoms with van der Waals surface area (Å²) in [6.07, 6.45) is 4.05. The predicted molar refractivity (Wildman–Crippen MR) is 102 cm³/mol. The van der Waals surface area contributed by atoms with Gasteiger partial charge in [0.2, 0.25) is 0 Å². The van der Waals surface area contributed by atoms with Crippen molar-refractivity contribution in [1.82, 2.24) is 10.3 Å². The average molecular weight is 342 g/mol. The number of carbonyl (C=O) groups excluding carboxylic acids is 1. The molecule has 2 heterocycles. The fraction of sp³-hybridized carbons (Fsp3) is 0.0909. The lowest BCUT2D eigenvalue weighted by Crippen LogP contribution is -2.25. The van der Waals surface area contributed by atoms with Gasteiger partial charge in [-0.2, -0.15) is 0 Å². The quantitative estimate of drug-likeness (QED) is 0.582. The van der Waals surface area contributed by atoms with E-state index in [9.17, 15) is 4.79 Å². The number of amides is 1. The Hall–Kier alpha value is -3.40. The van der Waals surface area contributed by atoms with Crippen LogP contribution in [0.2, 0.25) is 0 Å². The van der Waals surface area contributed by atoms with E-state index in [0.29, 0.717) is 18.7 Å². The second-order valence-electron chi connectivity index (χ2n) is 6.03. The van der Waals surface area contributed by atoms with Crippen molar-refractivity contribution in [3.63, 3.8) is 0 Å². The molecule has 0 unspecified atom stereocenters. The Labute approximate surface area is 151 Å². The van der Waals surface area contributed by atoms with Gasteiger partial charge in [-0.15, -0.1) is 0 Å². The van der Waals surface area contributed by atoms with Gasteiger partial charge in [-0.25, -0.2) is 0 Å². The Balaban J connectivity index is 1.46. The van der Waals surface area contributed by atoms with Crippen molar-refractivity contribution in [1.29, 1.82) is 0 Å². The van der Waals surface area contributed by atoms with E-state index in [1.54, 1.807) is 12.5 Å². The second-order valence-corrected chi connectivity index (χ2v) is 6.03. The van der Waals surface area contributed by atoms with Gasteiger partial charge < -0.3 is 9.73 Å². The third-order valence-electron chi connectivity index (χ3n) is 4.35. The van der Waals surface area contributed by atoms with E-state index in [1.807, 2.05) is 66.7 Å². The number of furan rings is 1. The molecule has 0 bridgehead atoms. The van der Waals surface area contributed by atoms with Crippen LogP contribution in [0.4, 0.5) is 0 Å². The van der Waals surface area contributed by atoms with Crippen LogP contribution in [0.5, 0.6) is 0 Å². The minimum atomic E-state index is -0.206. The third-order valence-corrected chi connectivity index (χ3v) is 4.35. The number of para-hydroxylation sites is 1. The molecule has 0 fully saturated rings. The highest BCUT2D eigenvalue weighted by molar-refractivity contribution is 5.98. The Kier molecular flexibility index (Phi) is 4.48. The number of benzene rings is 2. The SMILES string of the molecule is O=C(NCCc1cccc2cccnc12)c1occc1-c1ccccc1. The number of aromatic nitrogens is 1. The average Bonchev–Trinajstić information content (AvgIpc) is 3.19. The standard InChI is InChI=1S/C22H18N2O2/c25-22(21-19(12-15-26-21)16-6-2-1-3-7-16)24-14-11-18-9-4-8-17-10-5-13-23-20(17)18/h1-10,12-13,15H,11,14H2,(H,24,25). The van der Waals surface area contributed by atoms with E-state index >= 15 is 0 Å². The van der Waals surface area contributed by atoms with Crippen molar-refractivity contribution in [2.45, 2.75) is 6.42 Å². The lowest BCUT2D eigenvalue weighted by molar-refractivity contribution is 0.0927. The molecule has 2 aromatic heterocycles. The van der Waals surface area contributed by atoms with Crippen molar-refractivity contribution >= 4 is 16.8 Å². The number of hydrogen-bond acceptors (Lipinski definition) is 3. The van der Waals surface area contributed by atoms with Crippen LogP contribution in [0, 0.1) is 0 Å². The monoisotopic (exact) mass is 342 g/mol. The van der Waals surface area contributed by atoms with Gasteiger partial charge in [0.1, 0.15) is 0 Å². The molecule has 128 valence electrons. The van der Waals surface area contributed by atoms with Crippen LogP contribution in [0.25, 0.3) is 22.0 Å². The maximum absolute atomic E-state index is 12.5. The number of rotatable bonds is 5. The summed E-state index contributed by atoms with van der Waals surface area (Å²) in [5.41, 5.74) is 3.86. The zero-order valence-corrected chi connectivity index (χ0v) is 14.2. The van der Waals surface area contributed by atoms with E-state index in [1.165, 1.54) is 0 Å². The van der Waals surface area contributed by atoms with Crippen LogP contribution in [-0.2, 0) is 6.42 Å². The molecule has 0 saturated heterocycles. The van der Waals surface area contributed by atoms with Crippen molar-refractivity contribution in [2.24, 2.45) is 0 Å². The first-order valence-corrected chi connectivity index (χ1v) is 8.56. The molecule has 26 heavy (non-hydrogen) atoms. The Morgan fingerprint density at radius 2 is 1.81 bits per heavy atom. The number of nitrogens with one attached hydrogen (secondary N) is 1. The molecular formula is C22H18N2O2. The molecule has 0 atom stereocenters. The fourth-order valence-electron chi connectivity index (χ4n) is 3.09. The van der Waals surface area contributed by atoms with Crippen LogP contribution in [0.1, 0.15) is 16.1 Å². The van der Waals surface area contributed by atoms with E-state index < -0.39 is 0 Å². The van der Waals surface area contributed by atoms with Gasteiger partial charge in [0.05, 0.1) is 11.8 Å². The third kappa shape index (κ3) is 3.22. The summed E-state index contributed by atoms with van der Waals surface area (Å²) < 4.78 is 5.43. The largest absolute Gasteiger partial charge is 0.459 e. The molecule has 4 heteroatoms. The number of carbonyl (C=O) groups is 1. The van der Waals surface area contributed by atoms with Crippen LogP contribution in [0.15, 0.2) is 83.6 Å². The zero-order valence-electron chi connectivity index (χ0n) is 14.2. The smallest absolute Gasteiger partial charge is 0.287 e. The fourth-order valence-corrected chi connectivity index (χ4v) is 3.09. The van der Waals surface area contributed by atoms with Gasteiger partial charge >= 0.3 is 0 Å². The van der Waals surface area contributed by atoms with Gasteiger partial charge in [-0.1, -0.05) is 54.6 Å². The summed E-state index contributed by atoms with van der Waals surface area (Å²) in [5.74, 6) is 0.134. The van der Waals surface area contributed by atoms with Gasteiger partial charge in [0, 0.05) is 23.7 Å². The van der Waals surface area contributed by atoms with Crippen molar-refractivity contribution in [3.8, 4) is 11.1 Å². The second kappa shape index (κ2) is 7.23. The van der Waals surface area contributed by atoms with Crippen LogP contribution in [-0.4, -0.2) is 17.4 Å². The summed E-state index contributed by atoms with van der Waals surface area (Å²) in [5, 5.41) is 4.05. The zero-order chi connectivity index (χ0) is 17.8. The highest BCUT2D eigenvalue weighted by Gasteiger charge is 2.16. The van der Waals surface area contributed by atoms with E-state index in [-0.39, 0.29) is 5.91 Å². The molecule has 4 aromatic rings. The molecule has 1 N–H and O–H groups in total. The number of nitrogens with zero attached hydrogens (tertiary/aromatic N) is 1. The van der Waals surface area contributed by atoms with Gasteiger partial charge in [-0.05, 0) is 29.7 Å². The van der Waals surface area contributed by atoms with Crippen molar-refractivity contribution < 1.29 is 9.21 Å². The van der Waals surface area contributed by atoms with E-state index in [0.717, 1.165) is 27.6 Å². The number of hydrogen-bond donors (Lipinski definition) is 1. The maximum Gasteiger partial charge on any atom is 0.287 e. The van der Waals surface area contributed by atoms with Crippen LogP contribution < -0.4 is 5.32 Å². The van der Waals surface area contributed by atoms with Gasteiger partial charge in [0.25, 0.3) is 5.91 Å². The Morgan fingerprint density at radius 1 is 0.962 bits per heavy atom. The molecule has 0 aliphatic carbocycles. The van der Waals surface area contributed by atoms with Crippen LogP contribution in [0.3, 0.4) is 0 Å². The van der Waals surface area contributed by atoms with Crippen molar-refractivity contribution in [3.05, 3.63) is 90.5 Å². The summed E-state index contributed by atoms with van der Waals surface area (Å²) in [7, 11) is 0. The summed E-state index contributed by atoms with van der Waals surface area (Å²) in [6, 6.07) is 21.6. The molecule has 2 aromatic carbocycles. The van der Waals surface area contributed by atoms with E-state index in [2.05, 4.69) is 10.3 Å². The normalized spacial score (nSPS) is 10.8. The first kappa shape index (κ1) is 16.1. The maximum atomic E-state index is 12.5. The van der Waals surface area contributed by atoms with Gasteiger partial charge in [-0.3, -0.25) is 9.78 Å². The minimum absolute atomic E-state index is 0.206.